The zero-order chi connectivity index (χ0) is 15.9. The van der Waals surface area contributed by atoms with Crippen molar-refractivity contribution in [2.45, 2.75) is 44.3 Å². The van der Waals surface area contributed by atoms with Gasteiger partial charge in [-0.05, 0) is 42.7 Å². The van der Waals surface area contributed by atoms with Gasteiger partial charge in [0.15, 0.2) is 0 Å². The topological polar surface area (TPSA) is 51.8 Å². The molecule has 1 aliphatic rings. The molecule has 1 aliphatic carbocycles. The number of fused-ring (bicyclic) bond motifs is 1. The maximum Gasteiger partial charge on any atom is 0.418 e. The lowest BCUT2D eigenvalue weighted by molar-refractivity contribution is -0.136. The summed E-state index contributed by atoms with van der Waals surface area (Å²) in [6, 6.07) is 2.76. The molecule has 1 fully saturated rings. The minimum Gasteiger partial charge on any atom is -0.328 e. The first-order valence-corrected chi connectivity index (χ1v) is 7.42. The summed E-state index contributed by atoms with van der Waals surface area (Å²) < 4.78 is 39.4. The van der Waals surface area contributed by atoms with Crippen LogP contribution < -0.4 is 5.73 Å². The van der Waals surface area contributed by atoms with Gasteiger partial charge >= 0.3 is 6.18 Å². The highest BCUT2D eigenvalue weighted by Crippen LogP contribution is 2.40. The van der Waals surface area contributed by atoms with Crippen molar-refractivity contribution in [1.82, 2.24) is 9.97 Å². The van der Waals surface area contributed by atoms with Crippen molar-refractivity contribution in [2.24, 2.45) is 11.7 Å². The fourth-order valence-corrected chi connectivity index (χ4v) is 3.55. The largest absolute Gasteiger partial charge is 0.418 e. The molecule has 2 N–H and O–H groups in total. The first kappa shape index (κ1) is 15.2. The van der Waals surface area contributed by atoms with E-state index in [1.807, 2.05) is 0 Å². The summed E-state index contributed by atoms with van der Waals surface area (Å²) >= 11 is 0. The summed E-state index contributed by atoms with van der Waals surface area (Å²) in [4.78, 5) is 8.10. The lowest BCUT2D eigenvalue weighted by atomic mass is 9.76. The van der Waals surface area contributed by atoms with E-state index in [1.165, 1.54) is 12.4 Å². The predicted octanol–water partition coefficient (Wildman–Crippen LogP) is 3.88. The second-order valence-corrected chi connectivity index (χ2v) is 6.22. The van der Waals surface area contributed by atoms with E-state index >= 15 is 0 Å². The highest BCUT2D eigenvalue weighted by Gasteiger charge is 2.35. The molecule has 3 rings (SSSR count). The molecule has 6 heteroatoms. The van der Waals surface area contributed by atoms with E-state index in [0.29, 0.717) is 11.4 Å². The Morgan fingerprint density at radius 2 is 1.73 bits per heavy atom. The molecule has 22 heavy (non-hydrogen) atoms. The zero-order valence-electron chi connectivity index (χ0n) is 12.3. The number of hydrogen-bond acceptors (Lipinski definition) is 3. The Labute approximate surface area is 126 Å². The lowest BCUT2D eigenvalue weighted by Gasteiger charge is -2.32. The smallest absolute Gasteiger partial charge is 0.328 e. The van der Waals surface area contributed by atoms with Gasteiger partial charge < -0.3 is 5.73 Å². The Morgan fingerprint density at radius 3 is 2.36 bits per heavy atom. The molecule has 0 amide bonds. The molecule has 2 aromatic rings. The van der Waals surface area contributed by atoms with Crippen LogP contribution >= 0.6 is 0 Å². The molecule has 118 valence electrons. The molecular formula is C16H18F3N3. The number of nitrogens with zero attached hydrogens (tertiary/aromatic N) is 2. The number of nitrogens with two attached hydrogens (primary N) is 1. The van der Waals surface area contributed by atoms with E-state index in [4.69, 9.17) is 5.73 Å². The van der Waals surface area contributed by atoms with E-state index in [-0.39, 0.29) is 17.5 Å². The normalized spacial score (nSPS) is 26.3. The van der Waals surface area contributed by atoms with Gasteiger partial charge in [0.1, 0.15) is 5.52 Å². The van der Waals surface area contributed by atoms with Gasteiger partial charge in [0.05, 0.1) is 11.1 Å². The number of benzene rings is 1. The van der Waals surface area contributed by atoms with Crippen molar-refractivity contribution in [3.05, 3.63) is 35.7 Å². The third-order valence-electron chi connectivity index (χ3n) is 4.38. The van der Waals surface area contributed by atoms with Crippen molar-refractivity contribution in [3.8, 4) is 0 Å². The van der Waals surface area contributed by atoms with E-state index in [0.717, 1.165) is 30.9 Å². The summed E-state index contributed by atoms with van der Waals surface area (Å²) in [7, 11) is 0. The van der Waals surface area contributed by atoms with Gasteiger partial charge in [0.2, 0.25) is 0 Å². The SMILES string of the molecule is C[C@@H]1C[C@@H](N)C[C@H](c2ccc(C(F)(F)F)c3nccnc23)C1. The maximum absolute atomic E-state index is 13.1. The molecule has 0 bridgehead atoms. The zero-order valence-corrected chi connectivity index (χ0v) is 12.3. The Morgan fingerprint density at radius 1 is 1.05 bits per heavy atom. The van der Waals surface area contributed by atoms with E-state index in [9.17, 15) is 13.2 Å². The number of hydrogen-bond donors (Lipinski definition) is 1. The molecule has 0 unspecified atom stereocenters. The molecule has 0 radical (unpaired) electrons. The summed E-state index contributed by atoms with van der Waals surface area (Å²) in [6.07, 6.45) is 0.977. The number of rotatable bonds is 1. The second kappa shape index (κ2) is 5.50. The van der Waals surface area contributed by atoms with E-state index < -0.39 is 11.7 Å². The van der Waals surface area contributed by atoms with Gasteiger partial charge in [-0.15, -0.1) is 0 Å². The summed E-state index contributed by atoms with van der Waals surface area (Å²) in [5.41, 5.74) is 6.46. The van der Waals surface area contributed by atoms with Crippen molar-refractivity contribution in [2.75, 3.05) is 0 Å². The fraction of sp³-hybridized carbons (Fsp3) is 0.500. The Kier molecular flexibility index (Phi) is 3.80. The van der Waals surface area contributed by atoms with Crippen molar-refractivity contribution in [3.63, 3.8) is 0 Å². The molecule has 1 aromatic carbocycles. The van der Waals surface area contributed by atoms with Crippen LogP contribution in [-0.2, 0) is 6.18 Å². The molecular weight excluding hydrogens is 291 g/mol. The van der Waals surface area contributed by atoms with Crippen LogP contribution in [0.25, 0.3) is 11.0 Å². The first-order chi connectivity index (χ1) is 10.4. The third kappa shape index (κ3) is 2.79. The Bertz CT molecular complexity index is 674. The van der Waals surface area contributed by atoms with Crippen LogP contribution in [-0.4, -0.2) is 16.0 Å². The first-order valence-electron chi connectivity index (χ1n) is 7.42. The van der Waals surface area contributed by atoms with Gasteiger partial charge in [-0.3, -0.25) is 9.97 Å². The van der Waals surface area contributed by atoms with Gasteiger partial charge in [-0.25, -0.2) is 0 Å². The predicted molar refractivity (Wildman–Crippen MR) is 78.3 cm³/mol. The van der Waals surface area contributed by atoms with E-state index in [2.05, 4.69) is 16.9 Å². The van der Waals surface area contributed by atoms with Gasteiger partial charge in [-0.2, -0.15) is 13.2 Å². The lowest BCUT2D eigenvalue weighted by Crippen LogP contribution is -2.31. The molecule has 1 heterocycles. The van der Waals surface area contributed by atoms with Gasteiger partial charge in [0.25, 0.3) is 0 Å². The van der Waals surface area contributed by atoms with Crippen LogP contribution in [0.4, 0.5) is 13.2 Å². The molecule has 0 spiro atoms. The van der Waals surface area contributed by atoms with Crippen LogP contribution in [0.3, 0.4) is 0 Å². The Balaban J connectivity index is 2.12. The third-order valence-corrected chi connectivity index (χ3v) is 4.38. The average Bonchev–Trinajstić information content (AvgIpc) is 2.44. The fourth-order valence-electron chi connectivity index (χ4n) is 3.55. The van der Waals surface area contributed by atoms with Crippen LogP contribution in [0.1, 0.15) is 43.2 Å². The van der Waals surface area contributed by atoms with Crippen molar-refractivity contribution >= 4 is 11.0 Å². The van der Waals surface area contributed by atoms with Gasteiger partial charge in [-0.1, -0.05) is 13.0 Å². The van der Waals surface area contributed by atoms with Crippen LogP contribution in [0, 0.1) is 5.92 Å². The molecule has 1 aromatic heterocycles. The minimum atomic E-state index is -4.43. The molecule has 0 saturated heterocycles. The van der Waals surface area contributed by atoms with Crippen LogP contribution in [0.15, 0.2) is 24.5 Å². The number of alkyl halides is 3. The summed E-state index contributed by atoms with van der Waals surface area (Å²) in [5, 5.41) is 0. The monoisotopic (exact) mass is 309 g/mol. The number of halogens is 3. The molecule has 1 saturated carbocycles. The Hall–Kier alpha value is -1.69. The standard InChI is InChI=1S/C16H18F3N3/c1-9-6-10(8-11(20)7-9)12-2-3-13(16(17,18)19)15-14(12)21-4-5-22-15/h2-5,9-11H,6-8,20H2,1H3/t9-,10+,11+/m0/s1. The maximum atomic E-state index is 13.1. The second-order valence-electron chi connectivity index (χ2n) is 6.22. The highest BCUT2D eigenvalue weighted by atomic mass is 19.4. The van der Waals surface area contributed by atoms with Crippen LogP contribution in [0.2, 0.25) is 0 Å². The highest BCUT2D eigenvalue weighted by molar-refractivity contribution is 5.82. The minimum absolute atomic E-state index is 0.0701. The van der Waals surface area contributed by atoms with Crippen LogP contribution in [0.5, 0.6) is 0 Å². The average molecular weight is 309 g/mol. The molecule has 0 aliphatic heterocycles. The molecule has 3 nitrogen and oxygen atoms in total. The summed E-state index contributed by atoms with van der Waals surface area (Å²) in [5.74, 6) is 0.600. The van der Waals surface area contributed by atoms with E-state index in [1.54, 1.807) is 6.07 Å². The number of aromatic nitrogens is 2. The van der Waals surface area contributed by atoms with Crippen molar-refractivity contribution in [1.29, 1.82) is 0 Å². The quantitative estimate of drug-likeness (QED) is 0.869. The summed E-state index contributed by atoms with van der Waals surface area (Å²) in [6.45, 7) is 2.13. The molecule has 3 atom stereocenters. The van der Waals surface area contributed by atoms with Crippen molar-refractivity contribution < 1.29 is 13.2 Å². The van der Waals surface area contributed by atoms with Gasteiger partial charge in [0, 0.05) is 18.4 Å².